The van der Waals surface area contributed by atoms with Crippen LogP contribution in [-0.4, -0.2) is 23.5 Å². The molecular weight excluding hydrogens is 362 g/mol. The first kappa shape index (κ1) is 18.3. The molecule has 7 heteroatoms. The van der Waals surface area contributed by atoms with Gasteiger partial charge in [-0.2, -0.15) is 5.26 Å². The van der Waals surface area contributed by atoms with Crippen molar-refractivity contribution in [1.29, 1.82) is 5.26 Å². The van der Waals surface area contributed by atoms with Crippen LogP contribution in [0, 0.1) is 11.3 Å². The van der Waals surface area contributed by atoms with E-state index < -0.39 is 11.9 Å². The van der Waals surface area contributed by atoms with Crippen LogP contribution >= 0.6 is 11.3 Å². The monoisotopic (exact) mass is 377 g/mol. The molecule has 3 aromatic rings. The van der Waals surface area contributed by atoms with Crippen molar-refractivity contribution in [3.8, 4) is 17.3 Å². The summed E-state index contributed by atoms with van der Waals surface area (Å²) < 4.78 is 5.11. The number of rotatable bonds is 5. The first-order chi connectivity index (χ1) is 13.1. The van der Waals surface area contributed by atoms with Gasteiger partial charge in [0.2, 0.25) is 0 Å². The van der Waals surface area contributed by atoms with Crippen molar-refractivity contribution in [3.63, 3.8) is 0 Å². The van der Waals surface area contributed by atoms with Crippen LogP contribution in [0.5, 0.6) is 0 Å². The van der Waals surface area contributed by atoms with Gasteiger partial charge in [0, 0.05) is 11.1 Å². The molecule has 3 rings (SSSR count). The number of amides is 1. The molecule has 1 aromatic heterocycles. The fourth-order valence-corrected chi connectivity index (χ4v) is 3.28. The van der Waals surface area contributed by atoms with Gasteiger partial charge in [-0.1, -0.05) is 47.7 Å². The third-order valence-electron chi connectivity index (χ3n) is 3.61. The minimum atomic E-state index is -0.485. The van der Waals surface area contributed by atoms with Crippen LogP contribution in [0.1, 0.15) is 32.5 Å². The van der Waals surface area contributed by atoms with E-state index in [1.807, 2.05) is 36.4 Å². The Morgan fingerprint density at radius 2 is 1.96 bits per heavy atom. The molecule has 2 aromatic carbocycles. The Labute approximate surface area is 160 Å². The summed E-state index contributed by atoms with van der Waals surface area (Å²) in [4.78, 5) is 29.5. The zero-order chi connectivity index (χ0) is 19.2. The number of nitrogens with one attached hydrogen (secondary N) is 1. The molecule has 0 saturated carbocycles. The SMILES string of the molecule is CCOC(=O)c1sc(NC(=O)c2cccc(C#N)c2)nc1-c1ccccc1. The van der Waals surface area contributed by atoms with Gasteiger partial charge in [-0.3, -0.25) is 10.1 Å². The quantitative estimate of drug-likeness (QED) is 0.676. The Hall–Kier alpha value is -3.50. The summed E-state index contributed by atoms with van der Waals surface area (Å²) >= 11 is 1.05. The maximum atomic E-state index is 12.5. The smallest absolute Gasteiger partial charge is 0.350 e. The van der Waals surface area contributed by atoms with Crippen molar-refractivity contribution in [3.05, 3.63) is 70.6 Å². The molecule has 0 aliphatic heterocycles. The van der Waals surface area contributed by atoms with E-state index in [1.165, 1.54) is 6.07 Å². The molecule has 0 fully saturated rings. The molecular formula is C20H15N3O3S. The van der Waals surface area contributed by atoms with Gasteiger partial charge in [0.05, 0.1) is 23.9 Å². The predicted molar refractivity (Wildman–Crippen MR) is 103 cm³/mol. The van der Waals surface area contributed by atoms with Gasteiger partial charge in [-0.15, -0.1) is 0 Å². The van der Waals surface area contributed by atoms with E-state index in [4.69, 9.17) is 10.00 Å². The highest BCUT2D eigenvalue weighted by molar-refractivity contribution is 7.18. The van der Waals surface area contributed by atoms with E-state index in [1.54, 1.807) is 25.1 Å². The Balaban J connectivity index is 1.93. The van der Waals surface area contributed by atoms with Crippen molar-refractivity contribution in [2.75, 3.05) is 11.9 Å². The van der Waals surface area contributed by atoms with Crippen LogP contribution < -0.4 is 5.32 Å². The largest absolute Gasteiger partial charge is 0.462 e. The van der Waals surface area contributed by atoms with Gasteiger partial charge in [-0.05, 0) is 25.1 Å². The average Bonchev–Trinajstić information content (AvgIpc) is 3.13. The minimum absolute atomic E-state index is 0.244. The van der Waals surface area contributed by atoms with Crippen LogP contribution in [0.3, 0.4) is 0 Å². The second kappa shape index (κ2) is 8.25. The fourth-order valence-electron chi connectivity index (χ4n) is 2.40. The predicted octanol–water partition coefficient (Wildman–Crippen LogP) is 4.11. The molecule has 0 aliphatic rings. The Bertz CT molecular complexity index is 1020. The lowest BCUT2D eigenvalue weighted by molar-refractivity contribution is 0.0532. The molecule has 0 radical (unpaired) electrons. The highest BCUT2D eigenvalue weighted by Gasteiger charge is 2.21. The second-order valence-electron chi connectivity index (χ2n) is 5.43. The lowest BCUT2D eigenvalue weighted by Crippen LogP contribution is -2.11. The number of ether oxygens (including phenoxy) is 1. The molecule has 0 unspecified atom stereocenters. The van der Waals surface area contributed by atoms with Gasteiger partial charge in [0.1, 0.15) is 4.88 Å². The highest BCUT2D eigenvalue weighted by Crippen LogP contribution is 2.32. The molecule has 0 spiro atoms. The molecule has 0 aliphatic carbocycles. The Kier molecular flexibility index (Phi) is 5.59. The molecule has 1 N–H and O–H groups in total. The summed E-state index contributed by atoms with van der Waals surface area (Å²) in [7, 11) is 0. The van der Waals surface area contributed by atoms with Crippen LogP contribution in [0.2, 0.25) is 0 Å². The standard InChI is InChI=1S/C20H15N3O3S/c1-2-26-19(25)17-16(14-8-4-3-5-9-14)22-20(27-17)23-18(24)15-10-6-7-13(11-15)12-21/h3-11H,2H2,1H3,(H,22,23,24). The molecule has 0 atom stereocenters. The number of nitriles is 1. The number of hydrogen-bond donors (Lipinski definition) is 1. The molecule has 0 saturated heterocycles. The molecule has 6 nitrogen and oxygen atoms in total. The maximum absolute atomic E-state index is 12.5. The van der Waals surface area contributed by atoms with E-state index in [0.717, 1.165) is 16.9 Å². The maximum Gasteiger partial charge on any atom is 0.350 e. The summed E-state index contributed by atoms with van der Waals surface area (Å²) in [5.41, 5.74) is 1.94. The number of carbonyl (C=O) groups is 2. The summed E-state index contributed by atoms with van der Waals surface area (Å²) in [6.07, 6.45) is 0. The fraction of sp³-hybridized carbons (Fsp3) is 0.100. The molecule has 1 heterocycles. The summed E-state index contributed by atoms with van der Waals surface area (Å²) in [6, 6.07) is 17.6. The number of hydrogen-bond acceptors (Lipinski definition) is 6. The first-order valence-corrected chi connectivity index (χ1v) is 8.99. The van der Waals surface area contributed by atoms with Gasteiger partial charge >= 0.3 is 5.97 Å². The van der Waals surface area contributed by atoms with Gasteiger partial charge in [0.15, 0.2) is 5.13 Å². The number of anilines is 1. The van der Waals surface area contributed by atoms with Crippen molar-refractivity contribution >= 4 is 28.3 Å². The summed E-state index contributed by atoms with van der Waals surface area (Å²) in [6.45, 7) is 1.97. The third kappa shape index (κ3) is 4.19. The van der Waals surface area contributed by atoms with Crippen molar-refractivity contribution in [2.45, 2.75) is 6.92 Å². The minimum Gasteiger partial charge on any atom is -0.462 e. The van der Waals surface area contributed by atoms with Crippen LogP contribution in [0.15, 0.2) is 54.6 Å². The third-order valence-corrected chi connectivity index (χ3v) is 4.56. The topological polar surface area (TPSA) is 92.1 Å². The zero-order valence-corrected chi connectivity index (χ0v) is 15.2. The number of benzene rings is 2. The van der Waals surface area contributed by atoms with Gasteiger partial charge in [-0.25, -0.2) is 9.78 Å². The van der Waals surface area contributed by atoms with Crippen LogP contribution in [0.25, 0.3) is 11.3 Å². The van der Waals surface area contributed by atoms with E-state index in [9.17, 15) is 9.59 Å². The number of nitrogens with zero attached hydrogens (tertiary/aromatic N) is 2. The molecule has 27 heavy (non-hydrogen) atoms. The number of carbonyl (C=O) groups excluding carboxylic acids is 2. The molecule has 1 amide bonds. The second-order valence-corrected chi connectivity index (χ2v) is 6.43. The Morgan fingerprint density at radius 1 is 1.19 bits per heavy atom. The van der Waals surface area contributed by atoms with Crippen LogP contribution in [0.4, 0.5) is 5.13 Å². The lowest BCUT2D eigenvalue weighted by atomic mass is 10.1. The molecule has 0 bridgehead atoms. The van der Waals surface area contributed by atoms with Crippen LogP contribution in [-0.2, 0) is 4.74 Å². The normalized spacial score (nSPS) is 10.1. The van der Waals surface area contributed by atoms with E-state index in [-0.39, 0.29) is 11.7 Å². The van der Waals surface area contributed by atoms with Gasteiger partial charge in [0.25, 0.3) is 5.91 Å². The number of aromatic nitrogens is 1. The Morgan fingerprint density at radius 3 is 2.67 bits per heavy atom. The van der Waals surface area contributed by atoms with E-state index in [0.29, 0.717) is 21.7 Å². The van der Waals surface area contributed by atoms with E-state index >= 15 is 0 Å². The highest BCUT2D eigenvalue weighted by atomic mass is 32.1. The first-order valence-electron chi connectivity index (χ1n) is 8.17. The summed E-state index contributed by atoms with van der Waals surface area (Å²) in [5.74, 6) is -0.892. The number of thiazole rings is 1. The van der Waals surface area contributed by atoms with Crippen molar-refractivity contribution in [2.24, 2.45) is 0 Å². The average molecular weight is 377 g/mol. The van der Waals surface area contributed by atoms with Crippen molar-refractivity contribution < 1.29 is 14.3 Å². The van der Waals surface area contributed by atoms with Crippen molar-refractivity contribution in [1.82, 2.24) is 4.98 Å². The van der Waals surface area contributed by atoms with E-state index in [2.05, 4.69) is 10.3 Å². The lowest BCUT2D eigenvalue weighted by Gasteiger charge is -2.02. The summed E-state index contributed by atoms with van der Waals surface area (Å²) in [5, 5.41) is 11.9. The zero-order valence-electron chi connectivity index (χ0n) is 14.4. The van der Waals surface area contributed by atoms with Gasteiger partial charge < -0.3 is 4.74 Å². The molecule has 134 valence electrons. The number of esters is 1.